The molecule has 0 bridgehead atoms. The average molecular weight is 413 g/mol. The Bertz CT molecular complexity index is 1150. The molecule has 0 saturated heterocycles. The highest BCUT2D eigenvalue weighted by molar-refractivity contribution is 7.99. The molecule has 0 amide bonds. The molecule has 5 nitrogen and oxygen atoms in total. The van der Waals surface area contributed by atoms with Gasteiger partial charge in [-0.25, -0.2) is 4.98 Å². The van der Waals surface area contributed by atoms with Gasteiger partial charge in [-0.3, -0.25) is 4.57 Å². The molecule has 0 aliphatic rings. The van der Waals surface area contributed by atoms with E-state index in [0.29, 0.717) is 28.6 Å². The summed E-state index contributed by atoms with van der Waals surface area (Å²) >= 11 is 1.39. The van der Waals surface area contributed by atoms with Gasteiger partial charge in [-0.15, -0.1) is 10.2 Å². The molecule has 8 heteroatoms. The van der Waals surface area contributed by atoms with E-state index in [-0.39, 0.29) is 5.25 Å². The number of imidazole rings is 1. The minimum Gasteiger partial charge on any atom is -0.302 e. The van der Waals surface area contributed by atoms with Crippen LogP contribution in [0.1, 0.15) is 37.0 Å². The lowest BCUT2D eigenvalue weighted by Gasteiger charge is -2.14. The molecule has 0 fully saturated rings. The van der Waals surface area contributed by atoms with E-state index in [1.807, 2.05) is 43.5 Å². The lowest BCUT2D eigenvalue weighted by atomic mass is 10.1. The van der Waals surface area contributed by atoms with Crippen molar-refractivity contribution in [2.45, 2.75) is 44.3 Å². The van der Waals surface area contributed by atoms with Gasteiger partial charge >= 0.3 is 6.55 Å². The van der Waals surface area contributed by atoms with Crippen LogP contribution in [0, 0.1) is 6.92 Å². The van der Waals surface area contributed by atoms with E-state index in [0.717, 1.165) is 21.5 Å². The van der Waals surface area contributed by atoms with Crippen molar-refractivity contribution < 1.29 is 8.78 Å². The number of nitrogens with zero attached hydrogens (tertiary/aromatic N) is 5. The van der Waals surface area contributed by atoms with Crippen LogP contribution < -0.4 is 0 Å². The quantitative estimate of drug-likeness (QED) is 0.371. The Kier molecular flexibility index (Phi) is 5.36. The topological polar surface area (TPSA) is 48.5 Å². The van der Waals surface area contributed by atoms with Gasteiger partial charge in [0.05, 0.1) is 16.3 Å². The van der Waals surface area contributed by atoms with Crippen molar-refractivity contribution in [2.24, 2.45) is 0 Å². The smallest absolute Gasteiger partial charge is 0.302 e. The molecule has 2 heterocycles. The van der Waals surface area contributed by atoms with E-state index in [4.69, 9.17) is 0 Å². The van der Waals surface area contributed by atoms with Gasteiger partial charge in [0.25, 0.3) is 0 Å². The first-order chi connectivity index (χ1) is 14.0. The number of hydrogen-bond donors (Lipinski definition) is 0. The summed E-state index contributed by atoms with van der Waals surface area (Å²) in [5.41, 5.74) is 3.12. The summed E-state index contributed by atoms with van der Waals surface area (Å²) in [6.07, 6.45) is 0. The van der Waals surface area contributed by atoms with Crippen LogP contribution in [0.2, 0.25) is 0 Å². The predicted octanol–water partition coefficient (Wildman–Crippen LogP) is 5.87. The number of halogens is 2. The Morgan fingerprint density at radius 2 is 1.86 bits per heavy atom. The average Bonchev–Trinajstić information content (AvgIpc) is 3.29. The maximum Gasteiger partial charge on any atom is 0.320 e. The molecule has 150 valence electrons. The molecule has 0 aliphatic carbocycles. The predicted molar refractivity (Wildman–Crippen MR) is 111 cm³/mol. The Morgan fingerprint density at radius 1 is 1.07 bits per heavy atom. The SMILES string of the molecule is CCn1c(SC(C)c2nc3ccccc3n2C(F)F)nnc1-c1cccc(C)c1. The fourth-order valence-corrected chi connectivity index (χ4v) is 4.44. The number of hydrogen-bond acceptors (Lipinski definition) is 4. The Balaban J connectivity index is 1.70. The number of para-hydroxylation sites is 2. The van der Waals surface area contributed by atoms with Gasteiger partial charge in [0, 0.05) is 12.1 Å². The van der Waals surface area contributed by atoms with Gasteiger partial charge < -0.3 is 4.57 Å². The van der Waals surface area contributed by atoms with Crippen molar-refractivity contribution in [2.75, 3.05) is 0 Å². The van der Waals surface area contributed by atoms with Crippen LogP contribution in [0.15, 0.2) is 53.7 Å². The lowest BCUT2D eigenvalue weighted by Crippen LogP contribution is -2.07. The van der Waals surface area contributed by atoms with Gasteiger partial charge in [-0.2, -0.15) is 8.78 Å². The van der Waals surface area contributed by atoms with Gasteiger partial charge in [-0.05, 0) is 39.0 Å². The third-order valence-electron chi connectivity index (χ3n) is 4.77. The molecule has 29 heavy (non-hydrogen) atoms. The number of aromatic nitrogens is 5. The first kappa shape index (κ1) is 19.6. The van der Waals surface area contributed by atoms with E-state index in [1.165, 1.54) is 11.8 Å². The van der Waals surface area contributed by atoms with Crippen LogP contribution in [0.5, 0.6) is 0 Å². The standard InChI is InChI=1S/C21H21F2N5S/c1-4-27-19(15-9-7-8-13(2)12-15)25-26-21(27)29-14(3)18-24-16-10-5-6-11-17(16)28(18)20(22)23/h5-12,14,20H,4H2,1-3H3. The van der Waals surface area contributed by atoms with Gasteiger partial charge in [-0.1, -0.05) is 47.7 Å². The molecule has 1 unspecified atom stereocenters. The maximum absolute atomic E-state index is 13.8. The maximum atomic E-state index is 13.8. The minimum absolute atomic E-state index is 0.323. The van der Waals surface area contributed by atoms with E-state index < -0.39 is 6.55 Å². The summed E-state index contributed by atoms with van der Waals surface area (Å²) in [7, 11) is 0. The van der Waals surface area contributed by atoms with Crippen molar-refractivity contribution in [3.63, 3.8) is 0 Å². The first-order valence-corrected chi connectivity index (χ1v) is 10.3. The molecule has 0 aliphatic heterocycles. The highest BCUT2D eigenvalue weighted by atomic mass is 32.2. The lowest BCUT2D eigenvalue weighted by molar-refractivity contribution is 0.0715. The van der Waals surface area contributed by atoms with Crippen molar-refractivity contribution in [1.82, 2.24) is 24.3 Å². The second-order valence-electron chi connectivity index (χ2n) is 6.79. The summed E-state index contributed by atoms with van der Waals surface area (Å²) in [5, 5.41) is 9.06. The largest absolute Gasteiger partial charge is 0.320 e. The molecular weight excluding hydrogens is 392 g/mol. The van der Waals surface area contributed by atoms with Crippen molar-refractivity contribution in [3.05, 3.63) is 59.9 Å². The summed E-state index contributed by atoms with van der Waals surface area (Å²) in [5.74, 6) is 1.10. The molecule has 2 aromatic heterocycles. The minimum atomic E-state index is -2.66. The Morgan fingerprint density at radius 3 is 2.59 bits per heavy atom. The normalized spacial score (nSPS) is 12.8. The summed E-state index contributed by atoms with van der Waals surface area (Å²) in [4.78, 5) is 4.47. The number of thioether (sulfide) groups is 1. The van der Waals surface area contributed by atoms with Crippen LogP contribution in [-0.4, -0.2) is 24.3 Å². The first-order valence-electron chi connectivity index (χ1n) is 9.41. The van der Waals surface area contributed by atoms with Crippen LogP contribution in [0.3, 0.4) is 0 Å². The monoisotopic (exact) mass is 413 g/mol. The van der Waals surface area contributed by atoms with E-state index in [9.17, 15) is 8.78 Å². The second-order valence-corrected chi connectivity index (χ2v) is 8.09. The fourth-order valence-electron chi connectivity index (χ4n) is 3.42. The van der Waals surface area contributed by atoms with Crippen molar-refractivity contribution in [1.29, 1.82) is 0 Å². The van der Waals surface area contributed by atoms with Gasteiger partial charge in [0.15, 0.2) is 11.0 Å². The molecule has 0 N–H and O–H groups in total. The molecule has 0 spiro atoms. The zero-order valence-electron chi connectivity index (χ0n) is 16.4. The Labute approximate surface area is 171 Å². The number of fused-ring (bicyclic) bond motifs is 1. The van der Waals surface area contributed by atoms with Crippen LogP contribution in [0.4, 0.5) is 8.78 Å². The summed E-state index contributed by atoms with van der Waals surface area (Å²) in [6, 6.07) is 15.0. The highest BCUT2D eigenvalue weighted by Crippen LogP contribution is 2.38. The van der Waals surface area contributed by atoms with Crippen molar-refractivity contribution in [3.8, 4) is 11.4 Å². The molecule has 4 aromatic rings. The van der Waals surface area contributed by atoms with Crippen LogP contribution in [0.25, 0.3) is 22.4 Å². The third-order valence-corrected chi connectivity index (χ3v) is 5.85. The third kappa shape index (κ3) is 3.64. The molecule has 0 radical (unpaired) electrons. The number of rotatable bonds is 6. The fraction of sp³-hybridized carbons (Fsp3) is 0.286. The second kappa shape index (κ2) is 7.94. The number of aryl methyl sites for hydroxylation is 1. The van der Waals surface area contributed by atoms with E-state index in [1.54, 1.807) is 24.3 Å². The van der Waals surface area contributed by atoms with E-state index >= 15 is 0 Å². The van der Waals surface area contributed by atoms with Gasteiger partial charge in [0.2, 0.25) is 0 Å². The van der Waals surface area contributed by atoms with Crippen LogP contribution >= 0.6 is 11.8 Å². The summed E-state index contributed by atoms with van der Waals surface area (Å²) in [6.45, 7) is 3.93. The molecule has 4 rings (SSSR count). The summed E-state index contributed by atoms with van der Waals surface area (Å²) < 4.78 is 30.6. The Hall–Kier alpha value is -2.74. The van der Waals surface area contributed by atoms with Crippen LogP contribution in [-0.2, 0) is 6.54 Å². The number of alkyl halides is 2. The highest BCUT2D eigenvalue weighted by Gasteiger charge is 2.24. The molecule has 2 aromatic carbocycles. The number of benzene rings is 2. The zero-order valence-corrected chi connectivity index (χ0v) is 17.2. The van der Waals surface area contributed by atoms with Crippen molar-refractivity contribution >= 4 is 22.8 Å². The van der Waals surface area contributed by atoms with E-state index in [2.05, 4.69) is 21.2 Å². The molecular formula is C21H21F2N5S. The molecule has 0 saturated carbocycles. The van der Waals surface area contributed by atoms with Gasteiger partial charge in [0.1, 0.15) is 5.82 Å². The zero-order chi connectivity index (χ0) is 20.5. The molecule has 1 atom stereocenters.